The van der Waals surface area contributed by atoms with E-state index in [2.05, 4.69) is 32.6 Å². The minimum atomic E-state index is -0.422. The highest BCUT2D eigenvalue weighted by atomic mass is 16.5. The van der Waals surface area contributed by atoms with E-state index in [1.54, 1.807) is 12.2 Å². The van der Waals surface area contributed by atoms with Crippen molar-refractivity contribution in [3.8, 4) is 0 Å². The monoisotopic (exact) mass is 296 g/mol. The fourth-order valence-electron chi connectivity index (χ4n) is 1.95. The first-order valence-electron chi connectivity index (χ1n) is 8.13. The van der Waals surface area contributed by atoms with Gasteiger partial charge in [-0.3, -0.25) is 0 Å². The maximum absolute atomic E-state index is 11.8. The van der Waals surface area contributed by atoms with Crippen molar-refractivity contribution in [2.24, 2.45) is 11.7 Å². The minimum Gasteiger partial charge on any atom is -0.461 e. The van der Waals surface area contributed by atoms with E-state index in [9.17, 15) is 4.79 Å². The molecule has 0 rings (SSSR count). The van der Waals surface area contributed by atoms with Crippen molar-refractivity contribution < 1.29 is 9.53 Å². The van der Waals surface area contributed by atoms with Crippen LogP contribution >= 0.6 is 0 Å². The summed E-state index contributed by atoms with van der Waals surface area (Å²) < 4.78 is 5.28. The van der Waals surface area contributed by atoms with Crippen molar-refractivity contribution >= 4 is 5.97 Å². The molecule has 4 heteroatoms. The van der Waals surface area contributed by atoms with Crippen LogP contribution in [0, 0.1) is 5.92 Å². The van der Waals surface area contributed by atoms with Crippen molar-refractivity contribution in [2.75, 3.05) is 19.7 Å². The minimum absolute atomic E-state index is 0.156. The molecule has 122 valence electrons. The zero-order chi connectivity index (χ0) is 16.1. The Hall–Kier alpha value is -1.45. The number of nitrogens with zero attached hydrogens (tertiary/aromatic N) is 1. The summed E-state index contributed by atoms with van der Waals surface area (Å²) in [5.41, 5.74) is 5.89. The predicted molar refractivity (Wildman–Crippen MR) is 88.6 cm³/mol. The van der Waals surface area contributed by atoms with E-state index in [1.165, 1.54) is 12.8 Å². The van der Waals surface area contributed by atoms with Crippen LogP contribution in [-0.2, 0) is 9.53 Å². The van der Waals surface area contributed by atoms with Gasteiger partial charge in [-0.15, -0.1) is 0 Å². The largest absolute Gasteiger partial charge is 0.461 e. The van der Waals surface area contributed by atoms with Gasteiger partial charge in [-0.1, -0.05) is 33.1 Å². The highest BCUT2D eigenvalue weighted by Crippen LogP contribution is 2.13. The average molecular weight is 296 g/mol. The number of unbranched alkanes of at least 4 members (excludes halogenated alkanes) is 1. The summed E-state index contributed by atoms with van der Waals surface area (Å²) in [6.07, 6.45) is 9.79. The Morgan fingerprint density at radius 1 is 1.24 bits per heavy atom. The molecule has 0 aromatic carbocycles. The standard InChI is InChI=1S/C17H32N2O2/c1-5-9-11-15(6-2)14-21-17(20)16(18)12-10-13-19(7-3)8-4/h10,12-13,15H,5-9,11,14,18H2,1-4H3/b13-10+,16-12-. The number of ether oxygens (including phenoxy) is 1. The van der Waals surface area contributed by atoms with Crippen LogP contribution < -0.4 is 5.73 Å². The van der Waals surface area contributed by atoms with Crippen LogP contribution in [0.3, 0.4) is 0 Å². The van der Waals surface area contributed by atoms with Gasteiger partial charge in [0.2, 0.25) is 0 Å². The zero-order valence-electron chi connectivity index (χ0n) is 14.1. The van der Waals surface area contributed by atoms with Crippen molar-refractivity contribution in [1.29, 1.82) is 0 Å². The van der Waals surface area contributed by atoms with E-state index >= 15 is 0 Å². The van der Waals surface area contributed by atoms with Gasteiger partial charge in [-0.25, -0.2) is 4.79 Å². The van der Waals surface area contributed by atoms with E-state index in [0.717, 1.165) is 25.9 Å². The molecule has 2 N–H and O–H groups in total. The second-order valence-corrected chi connectivity index (χ2v) is 5.20. The molecule has 0 aliphatic rings. The topological polar surface area (TPSA) is 55.6 Å². The Morgan fingerprint density at radius 2 is 1.90 bits per heavy atom. The summed E-state index contributed by atoms with van der Waals surface area (Å²) in [4.78, 5) is 13.9. The SMILES string of the molecule is CCCCC(CC)COC(=O)/C(N)=C/C=C/N(CC)CC. The second-order valence-electron chi connectivity index (χ2n) is 5.20. The van der Waals surface area contributed by atoms with E-state index < -0.39 is 5.97 Å². The number of rotatable bonds is 11. The number of carbonyl (C=O) groups is 1. The molecule has 0 fully saturated rings. The van der Waals surface area contributed by atoms with E-state index in [4.69, 9.17) is 10.5 Å². The molecule has 0 spiro atoms. The molecule has 0 radical (unpaired) electrons. The van der Waals surface area contributed by atoms with E-state index in [1.807, 2.05) is 6.20 Å². The number of nitrogens with two attached hydrogens (primary N) is 1. The third-order valence-electron chi connectivity index (χ3n) is 3.61. The molecule has 0 saturated carbocycles. The van der Waals surface area contributed by atoms with Crippen molar-refractivity contribution in [3.63, 3.8) is 0 Å². The maximum atomic E-state index is 11.8. The normalized spacial score (nSPS) is 13.4. The van der Waals surface area contributed by atoms with Crippen LogP contribution in [0.1, 0.15) is 53.4 Å². The maximum Gasteiger partial charge on any atom is 0.354 e. The summed E-state index contributed by atoms with van der Waals surface area (Å²) in [5.74, 6) is 0.0158. The Balaban J connectivity index is 4.25. The van der Waals surface area contributed by atoms with Gasteiger partial charge >= 0.3 is 5.97 Å². The van der Waals surface area contributed by atoms with Gasteiger partial charge in [0.25, 0.3) is 0 Å². The molecule has 21 heavy (non-hydrogen) atoms. The van der Waals surface area contributed by atoms with Crippen LogP contribution in [0.4, 0.5) is 0 Å². The number of hydrogen-bond donors (Lipinski definition) is 1. The Kier molecular flexibility index (Phi) is 11.5. The molecule has 4 nitrogen and oxygen atoms in total. The first-order chi connectivity index (χ1) is 10.1. The van der Waals surface area contributed by atoms with Gasteiger partial charge in [-0.05, 0) is 44.5 Å². The van der Waals surface area contributed by atoms with Gasteiger partial charge in [0.05, 0.1) is 6.61 Å². The van der Waals surface area contributed by atoms with Crippen LogP contribution in [-0.4, -0.2) is 30.6 Å². The molecule has 0 aliphatic carbocycles. The summed E-state index contributed by atoms with van der Waals surface area (Å²) >= 11 is 0. The molecule has 0 aromatic heterocycles. The lowest BCUT2D eigenvalue weighted by atomic mass is 10.0. The smallest absolute Gasteiger partial charge is 0.354 e. The second kappa shape index (κ2) is 12.3. The molecular formula is C17H32N2O2. The highest BCUT2D eigenvalue weighted by Gasteiger charge is 2.11. The third kappa shape index (κ3) is 9.16. The lowest BCUT2D eigenvalue weighted by Gasteiger charge is -2.15. The van der Waals surface area contributed by atoms with Gasteiger partial charge < -0.3 is 15.4 Å². The summed E-state index contributed by atoms with van der Waals surface area (Å²) in [6.45, 7) is 10.8. The van der Waals surface area contributed by atoms with Crippen molar-refractivity contribution in [2.45, 2.75) is 53.4 Å². The van der Waals surface area contributed by atoms with Gasteiger partial charge in [-0.2, -0.15) is 0 Å². The summed E-state index contributed by atoms with van der Waals surface area (Å²) in [5, 5.41) is 0. The lowest BCUT2D eigenvalue weighted by molar-refractivity contribution is -0.140. The zero-order valence-corrected chi connectivity index (χ0v) is 14.1. The molecular weight excluding hydrogens is 264 g/mol. The van der Waals surface area contributed by atoms with Gasteiger partial charge in [0.15, 0.2) is 0 Å². The summed E-state index contributed by atoms with van der Waals surface area (Å²) in [6, 6.07) is 0. The first kappa shape index (κ1) is 19.6. The van der Waals surface area contributed by atoms with Gasteiger partial charge in [0.1, 0.15) is 5.70 Å². The average Bonchev–Trinajstić information content (AvgIpc) is 2.51. The fraction of sp³-hybridized carbons (Fsp3) is 0.706. The number of esters is 1. The number of carbonyl (C=O) groups excluding carboxylic acids is 1. The molecule has 0 bridgehead atoms. The molecule has 1 unspecified atom stereocenters. The third-order valence-corrected chi connectivity index (χ3v) is 3.61. The first-order valence-corrected chi connectivity index (χ1v) is 8.13. The fourth-order valence-corrected chi connectivity index (χ4v) is 1.95. The number of allylic oxidation sites excluding steroid dienone is 2. The van der Waals surface area contributed by atoms with Crippen molar-refractivity contribution in [1.82, 2.24) is 4.90 Å². The van der Waals surface area contributed by atoms with Crippen LogP contribution in [0.5, 0.6) is 0 Å². The quantitative estimate of drug-likeness (QED) is 0.360. The molecule has 1 atom stereocenters. The molecule has 0 aliphatic heterocycles. The van der Waals surface area contributed by atoms with Crippen LogP contribution in [0.25, 0.3) is 0 Å². The molecule has 0 heterocycles. The molecule has 0 saturated heterocycles. The van der Waals surface area contributed by atoms with Gasteiger partial charge in [0, 0.05) is 13.1 Å². The predicted octanol–water partition coefficient (Wildman–Crippen LogP) is 3.44. The Bertz CT molecular complexity index is 334. The van der Waals surface area contributed by atoms with Crippen LogP contribution in [0.2, 0.25) is 0 Å². The van der Waals surface area contributed by atoms with E-state index in [-0.39, 0.29) is 5.70 Å². The summed E-state index contributed by atoms with van der Waals surface area (Å²) in [7, 11) is 0. The molecule has 0 amide bonds. The Morgan fingerprint density at radius 3 is 2.43 bits per heavy atom. The molecule has 0 aromatic rings. The van der Waals surface area contributed by atoms with E-state index in [0.29, 0.717) is 12.5 Å². The number of hydrogen-bond acceptors (Lipinski definition) is 4. The highest BCUT2D eigenvalue weighted by molar-refractivity contribution is 5.87. The van der Waals surface area contributed by atoms with Crippen LogP contribution in [0.15, 0.2) is 24.0 Å². The Labute approximate surface area is 130 Å². The lowest BCUT2D eigenvalue weighted by Crippen LogP contribution is -2.19. The van der Waals surface area contributed by atoms with Crippen molar-refractivity contribution in [3.05, 3.63) is 24.0 Å².